The highest BCUT2D eigenvalue weighted by atomic mass is 19.4. The molecule has 2 N–H and O–H groups in total. The summed E-state index contributed by atoms with van der Waals surface area (Å²) in [7, 11) is 0. The van der Waals surface area contributed by atoms with Gasteiger partial charge in [-0.15, -0.1) is 0 Å². The quantitative estimate of drug-likeness (QED) is 0.447. The number of piperazine rings is 1. The Bertz CT molecular complexity index is 1440. The Hall–Kier alpha value is -4.27. The summed E-state index contributed by atoms with van der Waals surface area (Å²) in [5.41, 5.74) is 0.781. The highest BCUT2D eigenvalue weighted by Gasteiger charge is 2.34. The van der Waals surface area contributed by atoms with Gasteiger partial charge in [-0.3, -0.25) is 19.5 Å². The molecule has 40 heavy (non-hydrogen) atoms. The fourth-order valence-electron chi connectivity index (χ4n) is 4.31. The number of nitrogens with one attached hydrogen (secondary N) is 2. The molecule has 1 fully saturated rings. The summed E-state index contributed by atoms with van der Waals surface area (Å²) < 4.78 is 41.8. The van der Waals surface area contributed by atoms with E-state index in [4.69, 9.17) is 0 Å². The number of aromatic nitrogens is 2. The van der Waals surface area contributed by atoms with E-state index in [1.54, 1.807) is 12.1 Å². The van der Waals surface area contributed by atoms with Crippen LogP contribution in [-0.4, -0.2) is 64.3 Å². The van der Waals surface area contributed by atoms with Crippen molar-refractivity contribution in [1.29, 1.82) is 0 Å². The lowest BCUT2D eigenvalue weighted by Gasteiger charge is -2.34. The van der Waals surface area contributed by atoms with Crippen LogP contribution in [0.25, 0.3) is 0 Å². The van der Waals surface area contributed by atoms with Crippen molar-refractivity contribution < 1.29 is 22.8 Å². The third kappa shape index (κ3) is 7.88. The van der Waals surface area contributed by atoms with Gasteiger partial charge in [-0.05, 0) is 42.4 Å². The van der Waals surface area contributed by atoms with Gasteiger partial charge in [-0.2, -0.15) is 13.2 Å². The molecule has 0 saturated carbocycles. The van der Waals surface area contributed by atoms with Crippen LogP contribution in [0.4, 0.5) is 24.7 Å². The lowest BCUT2D eigenvalue weighted by Crippen LogP contribution is -2.45. The second-order valence-electron chi connectivity index (χ2n) is 9.36. The minimum Gasteiger partial charge on any atom is -0.325 e. The van der Waals surface area contributed by atoms with E-state index in [1.165, 1.54) is 43.7 Å². The number of carbonyl (C=O) groups is 2. The van der Waals surface area contributed by atoms with Crippen LogP contribution < -0.4 is 10.6 Å². The summed E-state index contributed by atoms with van der Waals surface area (Å²) in [5.74, 6) is 5.05. The number of hydrogen-bond acceptors (Lipinski definition) is 6. The topological polar surface area (TPSA) is 90.5 Å². The minimum absolute atomic E-state index is 0.119. The molecule has 0 unspecified atom stereocenters. The number of likely N-dealkylation sites (N-methyl/N-ethyl adjacent to an activating group) is 1. The van der Waals surface area contributed by atoms with E-state index in [2.05, 4.69) is 44.3 Å². The molecule has 2 amide bonds. The number of amides is 2. The zero-order chi connectivity index (χ0) is 28.7. The average Bonchev–Trinajstić information content (AvgIpc) is 2.92. The summed E-state index contributed by atoms with van der Waals surface area (Å²) in [4.78, 5) is 36.5. The molecule has 1 aliphatic heterocycles. The second-order valence-corrected chi connectivity index (χ2v) is 9.36. The molecule has 0 bridgehead atoms. The Labute approximate surface area is 230 Å². The van der Waals surface area contributed by atoms with Gasteiger partial charge in [0.25, 0.3) is 5.91 Å². The monoisotopic (exact) mass is 550 g/mol. The number of halogens is 3. The Morgan fingerprint density at radius 3 is 2.38 bits per heavy atom. The lowest BCUT2D eigenvalue weighted by molar-refractivity contribution is -0.138. The third-order valence-electron chi connectivity index (χ3n) is 6.39. The van der Waals surface area contributed by atoms with Gasteiger partial charge in [0.15, 0.2) is 0 Å². The Morgan fingerprint density at radius 1 is 0.950 bits per heavy atom. The summed E-state index contributed by atoms with van der Waals surface area (Å²) in [6, 6.07) is 8.49. The summed E-state index contributed by atoms with van der Waals surface area (Å²) in [6.07, 6.45) is -0.128. The van der Waals surface area contributed by atoms with Gasteiger partial charge in [-0.25, -0.2) is 4.98 Å². The molecule has 2 aromatic heterocycles. The number of anilines is 2. The third-order valence-corrected chi connectivity index (χ3v) is 6.39. The van der Waals surface area contributed by atoms with Crippen molar-refractivity contribution >= 4 is 23.3 Å². The van der Waals surface area contributed by atoms with E-state index >= 15 is 0 Å². The van der Waals surface area contributed by atoms with Gasteiger partial charge in [0.2, 0.25) is 5.91 Å². The van der Waals surface area contributed by atoms with Crippen molar-refractivity contribution in [1.82, 2.24) is 19.8 Å². The predicted octanol–water partition coefficient (Wildman–Crippen LogP) is 4.24. The van der Waals surface area contributed by atoms with E-state index in [1.807, 2.05) is 4.90 Å². The fraction of sp³-hybridized carbons (Fsp3) is 0.310. The van der Waals surface area contributed by atoms with E-state index in [0.29, 0.717) is 29.9 Å². The number of rotatable bonds is 6. The van der Waals surface area contributed by atoms with Crippen molar-refractivity contribution in [2.75, 3.05) is 43.4 Å². The van der Waals surface area contributed by atoms with Crippen molar-refractivity contribution in [3.63, 3.8) is 0 Å². The van der Waals surface area contributed by atoms with Gasteiger partial charge in [0.1, 0.15) is 5.82 Å². The zero-order valence-corrected chi connectivity index (χ0v) is 22.2. The standard InChI is InChI=1S/C29H29F3N6O2/c1-3-37-10-12-38(13-11-37)19-24-7-6-23(16-26(24)29(30,31)32)28(40)36-27-15-21(8-9-34-27)4-5-22-14-25(18-33-17-22)35-20(2)39/h6-9,14-18H,3,10-13,19H2,1-2H3,(H,35,39)(H,34,36,40). The number of hydrogen-bond donors (Lipinski definition) is 2. The van der Waals surface area contributed by atoms with Gasteiger partial charge in [0.05, 0.1) is 17.4 Å². The number of carbonyl (C=O) groups excluding carboxylic acids is 2. The Kier molecular flexibility index (Phi) is 9.14. The molecule has 1 aromatic carbocycles. The molecular formula is C29H29F3N6O2. The first-order valence-electron chi connectivity index (χ1n) is 12.8. The highest BCUT2D eigenvalue weighted by Crippen LogP contribution is 2.33. The normalized spacial score (nSPS) is 14.2. The van der Waals surface area contributed by atoms with Crippen LogP contribution in [0.5, 0.6) is 0 Å². The Balaban J connectivity index is 1.47. The van der Waals surface area contributed by atoms with E-state index < -0.39 is 17.6 Å². The number of benzene rings is 1. The molecule has 1 aliphatic rings. The smallest absolute Gasteiger partial charge is 0.325 e. The molecule has 0 radical (unpaired) electrons. The van der Waals surface area contributed by atoms with Crippen LogP contribution >= 0.6 is 0 Å². The maximum absolute atomic E-state index is 13.9. The van der Waals surface area contributed by atoms with Crippen molar-refractivity contribution in [2.24, 2.45) is 0 Å². The zero-order valence-electron chi connectivity index (χ0n) is 22.2. The first-order valence-corrected chi connectivity index (χ1v) is 12.8. The second kappa shape index (κ2) is 12.7. The van der Waals surface area contributed by atoms with Crippen LogP contribution in [0.3, 0.4) is 0 Å². The molecule has 0 aliphatic carbocycles. The number of pyridine rings is 2. The maximum Gasteiger partial charge on any atom is 0.416 e. The summed E-state index contributed by atoms with van der Waals surface area (Å²) in [6.45, 7) is 7.55. The fourth-order valence-corrected chi connectivity index (χ4v) is 4.31. The maximum atomic E-state index is 13.9. The van der Waals surface area contributed by atoms with Crippen LogP contribution in [0.15, 0.2) is 55.0 Å². The molecule has 4 rings (SSSR count). The average molecular weight is 551 g/mol. The van der Waals surface area contributed by atoms with Gasteiger partial charge in [-0.1, -0.05) is 24.8 Å². The summed E-state index contributed by atoms with van der Waals surface area (Å²) in [5, 5.41) is 5.19. The van der Waals surface area contributed by atoms with Gasteiger partial charge < -0.3 is 15.5 Å². The molecule has 3 heterocycles. The van der Waals surface area contributed by atoms with Crippen LogP contribution in [0, 0.1) is 11.8 Å². The van der Waals surface area contributed by atoms with Crippen LogP contribution in [0.1, 0.15) is 46.5 Å². The van der Waals surface area contributed by atoms with E-state index in [-0.39, 0.29) is 29.4 Å². The van der Waals surface area contributed by atoms with E-state index in [0.717, 1.165) is 25.7 Å². The first-order chi connectivity index (χ1) is 19.1. The van der Waals surface area contributed by atoms with E-state index in [9.17, 15) is 22.8 Å². The molecule has 208 valence electrons. The number of nitrogens with zero attached hydrogens (tertiary/aromatic N) is 4. The van der Waals surface area contributed by atoms with Crippen molar-refractivity contribution in [3.8, 4) is 11.8 Å². The van der Waals surface area contributed by atoms with Crippen LogP contribution in [-0.2, 0) is 17.5 Å². The van der Waals surface area contributed by atoms with Gasteiger partial charge in [0, 0.05) is 68.7 Å². The predicted molar refractivity (Wildman–Crippen MR) is 146 cm³/mol. The lowest BCUT2D eigenvalue weighted by atomic mass is 10.0. The Morgan fingerprint density at radius 2 is 1.68 bits per heavy atom. The number of alkyl halides is 3. The molecular weight excluding hydrogens is 521 g/mol. The molecule has 8 nitrogen and oxygen atoms in total. The molecule has 0 spiro atoms. The van der Waals surface area contributed by atoms with Gasteiger partial charge >= 0.3 is 6.18 Å². The molecule has 1 saturated heterocycles. The van der Waals surface area contributed by atoms with Crippen LogP contribution in [0.2, 0.25) is 0 Å². The molecule has 11 heteroatoms. The first kappa shape index (κ1) is 28.7. The summed E-state index contributed by atoms with van der Waals surface area (Å²) >= 11 is 0. The van der Waals surface area contributed by atoms with Crippen molar-refractivity contribution in [3.05, 3.63) is 82.8 Å². The van der Waals surface area contributed by atoms with Crippen molar-refractivity contribution in [2.45, 2.75) is 26.6 Å². The molecule has 3 aromatic rings. The highest BCUT2D eigenvalue weighted by molar-refractivity contribution is 6.04. The largest absolute Gasteiger partial charge is 0.416 e. The molecule has 0 atom stereocenters. The minimum atomic E-state index is -4.60. The SMILES string of the molecule is CCN1CCN(Cc2ccc(C(=O)Nc3cc(C#Cc4cncc(NC(C)=O)c4)ccn3)cc2C(F)(F)F)CC1.